The van der Waals surface area contributed by atoms with Crippen LogP contribution >= 0.6 is 0 Å². The van der Waals surface area contributed by atoms with Crippen molar-refractivity contribution >= 4 is 11.8 Å². The average Bonchev–Trinajstić information content (AvgIpc) is 3.23. The maximum Gasteiger partial charge on any atom is 0.410 e. The van der Waals surface area contributed by atoms with Gasteiger partial charge in [0.1, 0.15) is 30.4 Å². The molecule has 2 aliphatic carbocycles. The summed E-state index contributed by atoms with van der Waals surface area (Å²) in [5.74, 6) is 0.359. The Balaban J connectivity index is 1.52. The lowest BCUT2D eigenvalue weighted by atomic mass is 9.55. The summed E-state index contributed by atoms with van der Waals surface area (Å²) in [7, 11) is 1.56. The van der Waals surface area contributed by atoms with Gasteiger partial charge in [0.15, 0.2) is 0 Å². The summed E-state index contributed by atoms with van der Waals surface area (Å²) < 4.78 is 27.0. The van der Waals surface area contributed by atoms with Gasteiger partial charge in [-0.15, -0.1) is 6.58 Å². The van der Waals surface area contributed by atoms with Gasteiger partial charge < -0.3 is 34.0 Å². The van der Waals surface area contributed by atoms with E-state index in [0.29, 0.717) is 49.5 Å². The molecule has 0 bridgehead atoms. The topological polar surface area (TPSA) is 119 Å². The molecule has 6 unspecified atom stereocenters. The van der Waals surface area contributed by atoms with Crippen LogP contribution in [0.2, 0.25) is 0 Å². The minimum absolute atomic E-state index is 0.0961. The highest BCUT2D eigenvalue weighted by atomic mass is 16.7. The van der Waals surface area contributed by atoms with Crippen molar-refractivity contribution in [2.75, 3.05) is 40.1 Å². The van der Waals surface area contributed by atoms with Crippen LogP contribution in [0.1, 0.15) is 90.5 Å². The number of carbonyl (C=O) groups excluding carboxylic acids is 1. The number of aliphatic hydroxyl groups is 2. The maximum absolute atomic E-state index is 14.3. The van der Waals surface area contributed by atoms with E-state index in [1.807, 2.05) is 70.2 Å². The number of ether oxygens (including phenoxy) is 4. The minimum atomic E-state index is -1.35. The molecule has 1 amide bonds. The second-order valence-corrected chi connectivity index (χ2v) is 17.3. The van der Waals surface area contributed by atoms with E-state index in [0.717, 1.165) is 53.7 Å². The van der Waals surface area contributed by atoms with Gasteiger partial charge in [-0.1, -0.05) is 100 Å². The highest BCUT2D eigenvalue weighted by molar-refractivity contribution is 6.03. The molecule has 0 spiro atoms. The summed E-state index contributed by atoms with van der Waals surface area (Å²) in [5, 5.41) is 24.5. The van der Waals surface area contributed by atoms with Gasteiger partial charge in [-0.3, -0.25) is 4.90 Å². The number of hydrogen-bond acceptors (Lipinski definition) is 9. The molecule has 1 heterocycles. The first-order valence-electron chi connectivity index (χ1n) is 21.5. The molecule has 2 N–H and O–H groups in total. The van der Waals surface area contributed by atoms with Crippen LogP contribution in [-0.4, -0.2) is 78.8 Å². The van der Waals surface area contributed by atoms with Crippen molar-refractivity contribution in [1.29, 1.82) is 0 Å². The van der Waals surface area contributed by atoms with Gasteiger partial charge in [0.2, 0.25) is 5.79 Å². The monoisotopic (exact) mass is 808 g/mol. The van der Waals surface area contributed by atoms with Gasteiger partial charge in [0.05, 0.1) is 24.8 Å². The van der Waals surface area contributed by atoms with E-state index >= 15 is 0 Å². The standard InChI is InChI=1S/C49H64N2O8/c1-7-26-51(47(54)56-33-48(3,4)5)44-32-42(50-55-6)40-30-36(18-12-14-27-52)39(19-13-15-28-53)45-41-31-38(24-25-43(41)59-49(44,46(40)45)57-29-8-2)58-37-22-20-35(21-23-37)34-16-10-9-11-17-34/h8-11,16-17,20-25,30-31,36,39,44-46,52-53H,2,7,12-15,18-19,26-29,32-33H2,1,3-6H3. The molecule has 3 aromatic rings. The lowest BCUT2D eigenvalue weighted by Gasteiger charge is -2.60. The quantitative estimate of drug-likeness (QED) is 0.0698. The Hall–Kier alpha value is -4.64. The Labute approximate surface area is 350 Å². The van der Waals surface area contributed by atoms with E-state index < -0.39 is 23.8 Å². The first-order chi connectivity index (χ1) is 28.6. The lowest BCUT2D eigenvalue weighted by molar-refractivity contribution is -0.255. The van der Waals surface area contributed by atoms with Crippen LogP contribution < -0.4 is 9.47 Å². The van der Waals surface area contributed by atoms with Crippen molar-refractivity contribution in [1.82, 2.24) is 4.90 Å². The van der Waals surface area contributed by atoms with E-state index in [2.05, 4.69) is 48.1 Å². The van der Waals surface area contributed by atoms with Crippen LogP contribution in [0.25, 0.3) is 11.1 Å². The third-order valence-electron chi connectivity index (χ3n) is 11.7. The van der Waals surface area contributed by atoms with Crippen molar-refractivity contribution in [2.45, 2.75) is 96.8 Å². The van der Waals surface area contributed by atoms with Crippen LogP contribution in [0, 0.1) is 23.2 Å². The molecule has 0 aromatic heterocycles. The SMILES string of the molecule is C=CCOC12Oc3ccc(Oc4ccc(-c5ccccc5)cc4)cc3C3C(CCCCO)C(CCCCO)C=C(C(=NOC)CC1N(CCC)C(=O)OCC(C)(C)C)C32. The zero-order valence-corrected chi connectivity index (χ0v) is 35.6. The Morgan fingerprint density at radius 3 is 2.32 bits per heavy atom. The Morgan fingerprint density at radius 1 is 0.966 bits per heavy atom. The van der Waals surface area contributed by atoms with E-state index in [9.17, 15) is 15.0 Å². The average molecular weight is 809 g/mol. The molecule has 1 saturated carbocycles. The third kappa shape index (κ3) is 10.0. The summed E-state index contributed by atoms with van der Waals surface area (Å²) in [5.41, 5.74) is 4.73. The third-order valence-corrected chi connectivity index (χ3v) is 11.7. The predicted octanol–water partition coefficient (Wildman–Crippen LogP) is 10.3. The van der Waals surface area contributed by atoms with Crippen molar-refractivity contribution in [3.63, 3.8) is 0 Å². The zero-order valence-electron chi connectivity index (χ0n) is 35.6. The maximum atomic E-state index is 14.3. The number of nitrogens with zero attached hydrogens (tertiary/aromatic N) is 2. The fraction of sp³-hybridized carbons (Fsp3) is 0.510. The number of rotatable bonds is 19. The van der Waals surface area contributed by atoms with Crippen molar-refractivity contribution in [3.8, 4) is 28.4 Å². The summed E-state index contributed by atoms with van der Waals surface area (Å²) in [6, 6.07) is 23.7. The van der Waals surface area contributed by atoms with Crippen LogP contribution in [0.15, 0.2) is 102 Å². The second kappa shape index (κ2) is 20.1. The number of benzene rings is 3. The molecular formula is C49H64N2O8. The Morgan fingerprint density at radius 2 is 1.66 bits per heavy atom. The fourth-order valence-electron chi connectivity index (χ4n) is 9.28. The van der Waals surface area contributed by atoms with Crippen LogP contribution in [0.3, 0.4) is 0 Å². The number of oxime groups is 1. The number of unbranched alkanes of at least 4 members (excludes halogenated alkanes) is 2. The molecule has 1 fully saturated rings. The fourth-order valence-corrected chi connectivity index (χ4v) is 9.28. The highest BCUT2D eigenvalue weighted by Gasteiger charge is 2.65. The van der Waals surface area contributed by atoms with Gasteiger partial charge in [-0.05, 0) is 96.4 Å². The van der Waals surface area contributed by atoms with Crippen molar-refractivity contribution in [2.24, 2.45) is 28.3 Å². The van der Waals surface area contributed by atoms with Crippen molar-refractivity contribution < 1.29 is 38.8 Å². The van der Waals surface area contributed by atoms with E-state index in [1.165, 1.54) is 0 Å². The summed E-state index contributed by atoms with van der Waals surface area (Å²) >= 11 is 0. The summed E-state index contributed by atoms with van der Waals surface area (Å²) in [6.07, 6.45) is 9.41. The molecule has 6 atom stereocenters. The number of fused-ring (bicyclic) bond motifs is 2. The van der Waals surface area contributed by atoms with Gasteiger partial charge in [-0.2, -0.15) is 0 Å². The first-order valence-corrected chi connectivity index (χ1v) is 21.5. The predicted molar refractivity (Wildman–Crippen MR) is 232 cm³/mol. The minimum Gasteiger partial charge on any atom is -0.459 e. The molecule has 3 aromatic carbocycles. The molecule has 3 aliphatic rings. The number of aliphatic hydroxyl groups excluding tert-OH is 2. The van der Waals surface area contributed by atoms with Gasteiger partial charge in [-0.25, -0.2) is 4.79 Å². The first kappa shape index (κ1) is 43.9. The number of allylic oxidation sites excluding steroid dienone is 1. The Bertz CT molecular complexity index is 1900. The molecule has 6 rings (SSSR count). The molecule has 0 saturated heterocycles. The molecule has 318 valence electrons. The number of carbonyl (C=O) groups is 1. The zero-order chi connectivity index (χ0) is 42.0. The normalized spacial score (nSPS) is 23.9. The molecular weight excluding hydrogens is 745 g/mol. The van der Waals surface area contributed by atoms with Crippen LogP contribution in [0.4, 0.5) is 4.79 Å². The molecule has 0 radical (unpaired) electrons. The number of hydrogen-bond donors (Lipinski definition) is 2. The lowest BCUT2D eigenvalue weighted by Crippen LogP contribution is -2.70. The smallest absolute Gasteiger partial charge is 0.410 e. The summed E-state index contributed by atoms with van der Waals surface area (Å²) in [4.78, 5) is 21.7. The van der Waals surface area contributed by atoms with Gasteiger partial charge >= 0.3 is 6.09 Å². The highest BCUT2D eigenvalue weighted by Crippen LogP contribution is 2.62. The van der Waals surface area contributed by atoms with Gasteiger partial charge in [0.25, 0.3) is 0 Å². The number of amides is 1. The molecule has 10 nitrogen and oxygen atoms in total. The van der Waals surface area contributed by atoms with E-state index in [4.69, 9.17) is 23.8 Å². The van der Waals surface area contributed by atoms with E-state index in [1.54, 1.807) is 18.1 Å². The van der Waals surface area contributed by atoms with Gasteiger partial charge in [0, 0.05) is 37.7 Å². The molecule has 10 heteroatoms. The molecule has 1 aliphatic heterocycles. The van der Waals surface area contributed by atoms with Crippen molar-refractivity contribution in [3.05, 3.63) is 103 Å². The summed E-state index contributed by atoms with van der Waals surface area (Å²) in [6.45, 7) is 13.3. The Kier molecular flexibility index (Phi) is 14.9. The van der Waals surface area contributed by atoms with Crippen LogP contribution in [-0.2, 0) is 14.3 Å². The second-order valence-electron chi connectivity index (χ2n) is 17.3. The molecule has 59 heavy (non-hydrogen) atoms. The van der Waals surface area contributed by atoms with Crippen LogP contribution in [0.5, 0.6) is 17.2 Å². The largest absolute Gasteiger partial charge is 0.459 e. The van der Waals surface area contributed by atoms with E-state index in [-0.39, 0.29) is 49.6 Å².